The third-order valence-electron chi connectivity index (χ3n) is 2.75. The van der Waals surface area contributed by atoms with Crippen LogP contribution < -0.4 is 0 Å². The Balaban J connectivity index is 3.25. The molecule has 0 radical (unpaired) electrons. The minimum absolute atomic E-state index is 0.289. The molecule has 0 heterocycles. The summed E-state index contributed by atoms with van der Waals surface area (Å²) in [5.41, 5.74) is -0.0891. The highest BCUT2D eigenvalue weighted by molar-refractivity contribution is 5.25. The van der Waals surface area contributed by atoms with Crippen LogP contribution in [0.5, 0.6) is 0 Å². The summed E-state index contributed by atoms with van der Waals surface area (Å²) in [4.78, 5) is 1.83. The molecule has 1 atom stereocenters. The van der Waals surface area contributed by atoms with E-state index < -0.39 is 17.0 Å². The van der Waals surface area contributed by atoms with Crippen LogP contribution in [0.3, 0.4) is 0 Å². The SMILES string of the molecule is CN(C)C(c1ccc(F)c(F)c1)C(C)(C)C#N. The highest BCUT2D eigenvalue weighted by Gasteiger charge is 2.33. The van der Waals surface area contributed by atoms with Crippen molar-refractivity contribution in [2.45, 2.75) is 19.9 Å². The molecule has 1 unspecified atom stereocenters. The zero-order valence-electron chi connectivity index (χ0n) is 10.5. The van der Waals surface area contributed by atoms with E-state index in [4.69, 9.17) is 5.26 Å². The van der Waals surface area contributed by atoms with Gasteiger partial charge in [0.15, 0.2) is 11.6 Å². The lowest BCUT2D eigenvalue weighted by Gasteiger charge is -2.34. The van der Waals surface area contributed by atoms with Crippen molar-refractivity contribution in [1.29, 1.82) is 5.26 Å². The van der Waals surface area contributed by atoms with Gasteiger partial charge in [0.2, 0.25) is 0 Å². The van der Waals surface area contributed by atoms with Gasteiger partial charge in [-0.05, 0) is 45.6 Å². The first kappa shape index (κ1) is 13.6. The first-order chi connectivity index (χ1) is 7.79. The van der Waals surface area contributed by atoms with Crippen molar-refractivity contribution in [3.8, 4) is 6.07 Å². The maximum absolute atomic E-state index is 13.2. The molecule has 0 saturated carbocycles. The fourth-order valence-electron chi connectivity index (χ4n) is 2.10. The molecule has 0 saturated heterocycles. The van der Waals surface area contributed by atoms with Crippen molar-refractivity contribution in [3.63, 3.8) is 0 Å². The molecule has 1 aromatic rings. The Morgan fingerprint density at radius 1 is 1.24 bits per heavy atom. The molecule has 4 heteroatoms. The quantitative estimate of drug-likeness (QED) is 0.809. The van der Waals surface area contributed by atoms with Gasteiger partial charge in [-0.1, -0.05) is 6.07 Å². The van der Waals surface area contributed by atoms with E-state index in [1.165, 1.54) is 6.07 Å². The molecule has 0 aliphatic carbocycles. The summed E-state index contributed by atoms with van der Waals surface area (Å²) >= 11 is 0. The van der Waals surface area contributed by atoms with Gasteiger partial charge in [-0.3, -0.25) is 0 Å². The van der Waals surface area contributed by atoms with Crippen LogP contribution in [-0.2, 0) is 0 Å². The minimum atomic E-state index is -0.886. The van der Waals surface area contributed by atoms with Gasteiger partial charge in [-0.2, -0.15) is 5.26 Å². The van der Waals surface area contributed by atoms with Crippen LogP contribution in [0.25, 0.3) is 0 Å². The summed E-state index contributed by atoms with van der Waals surface area (Å²) in [5.74, 6) is -1.76. The zero-order valence-corrected chi connectivity index (χ0v) is 10.5. The van der Waals surface area contributed by atoms with Gasteiger partial charge in [0.05, 0.1) is 17.5 Å². The Kier molecular flexibility index (Phi) is 3.84. The second-order valence-electron chi connectivity index (χ2n) is 4.87. The van der Waals surface area contributed by atoms with Crippen molar-refractivity contribution >= 4 is 0 Å². The number of halogens is 2. The zero-order chi connectivity index (χ0) is 13.2. The topological polar surface area (TPSA) is 27.0 Å². The average Bonchev–Trinajstić information content (AvgIpc) is 2.22. The van der Waals surface area contributed by atoms with E-state index >= 15 is 0 Å². The largest absolute Gasteiger partial charge is 0.301 e. The molecule has 0 bridgehead atoms. The smallest absolute Gasteiger partial charge is 0.159 e. The van der Waals surface area contributed by atoms with Gasteiger partial charge in [0, 0.05) is 0 Å². The second-order valence-corrected chi connectivity index (χ2v) is 4.87. The Hall–Kier alpha value is -1.47. The lowest BCUT2D eigenvalue weighted by Crippen LogP contribution is -2.32. The van der Waals surface area contributed by atoms with Crippen LogP contribution >= 0.6 is 0 Å². The van der Waals surface area contributed by atoms with Crippen molar-refractivity contribution in [3.05, 3.63) is 35.4 Å². The van der Waals surface area contributed by atoms with Crippen LogP contribution in [-0.4, -0.2) is 19.0 Å². The van der Waals surface area contributed by atoms with Crippen molar-refractivity contribution in [2.75, 3.05) is 14.1 Å². The number of hydrogen-bond acceptors (Lipinski definition) is 2. The van der Waals surface area contributed by atoms with Crippen molar-refractivity contribution < 1.29 is 8.78 Å². The summed E-state index contributed by atoms with van der Waals surface area (Å²) in [6, 6.07) is 5.67. The van der Waals surface area contributed by atoms with E-state index in [1.807, 2.05) is 19.0 Å². The molecule has 0 aliphatic rings. The van der Waals surface area contributed by atoms with Gasteiger partial charge in [0.25, 0.3) is 0 Å². The third kappa shape index (κ3) is 2.80. The van der Waals surface area contributed by atoms with E-state index in [2.05, 4.69) is 6.07 Å². The molecule has 17 heavy (non-hydrogen) atoms. The molecule has 1 aromatic carbocycles. The van der Waals surface area contributed by atoms with Gasteiger partial charge in [0.1, 0.15) is 0 Å². The average molecular weight is 238 g/mol. The van der Waals surface area contributed by atoms with E-state index in [0.717, 1.165) is 12.1 Å². The minimum Gasteiger partial charge on any atom is -0.301 e. The fourth-order valence-corrected chi connectivity index (χ4v) is 2.10. The number of nitrogens with zero attached hydrogens (tertiary/aromatic N) is 2. The van der Waals surface area contributed by atoms with E-state index in [-0.39, 0.29) is 6.04 Å². The predicted molar refractivity (Wildman–Crippen MR) is 62.2 cm³/mol. The van der Waals surface area contributed by atoms with Crippen LogP contribution in [0.15, 0.2) is 18.2 Å². The molecule has 0 aromatic heterocycles. The standard InChI is InChI=1S/C13H16F2N2/c1-13(2,8-16)12(17(3)4)9-5-6-10(14)11(15)7-9/h5-7,12H,1-4H3. The Bertz CT molecular complexity index is 447. The summed E-state index contributed by atoms with van der Waals surface area (Å²) in [7, 11) is 3.62. The number of nitriles is 1. The third-order valence-corrected chi connectivity index (χ3v) is 2.75. The van der Waals surface area contributed by atoms with Crippen LogP contribution in [0, 0.1) is 28.4 Å². The lowest BCUT2D eigenvalue weighted by atomic mass is 9.81. The van der Waals surface area contributed by atoms with Crippen LogP contribution in [0.4, 0.5) is 8.78 Å². The molecule has 0 spiro atoms. The molecule has 0 aliphatic heterocycles. The van der Waals surface area contributed by atoms with Gasteiger partial charge in [-0.25, -0.2) is 8.78 Å². The fraction of sp³-hybridized carbons (Fsp3) is 0.462. The highest BCUT2D eigenvalue weighted by Crippen LogP contribution is 2.36. The van der Waals surface area contributed by atoms with Gasteiger partial charge < -0.3 is 4.90 Å². The van der Waals surface area contributed by atoms with Gasteiger partial charge in [-0.15, -0.1) is 0 Å². The summed E-state index contributed by atoms with van der Waals surface area (Å²) in [5, 5.41) is 9.15. The maximum Gasteiger partial charge on any atom is 0.159 e. The summed E-state index contributed by atoms with van der Waals surface area (Å²) in [6.07, 6.45) is 0. The van der Waals surface area contributed by atoms with Gasteiger partial charge >= 0.3 is 0 Å². The second kappa shape index (κ2) is 4.80. The van der Waals surface area contributed by atoms with E-state index in [1.54, 1.807) is 13.8 Å². The van der Waals surface area contributed by atoms with Crippen LogP contribution in [0.1, 0.15) is 25.5 Å². The molecule has 0 fully saturated rings. The molecule has 0 amide bonds. The van der Waals surface area contributed by atoms with E-state index in [9.17, 15) is 8.78 Å². The first-order valence-electron chi connectivity index (χ1n) is 5.32. The monoisotopic (exact) mass is 238 g/mol. The lowest BCUT2D eigenvalue weighted by molar-refractivity contribution is 0.184. The normalized spacial score (nSPS) is 13.5. The number of hydrogen-bond donors (Lipinski definition) is 0. The molecule has 0 N–H and O–H groups in total. The molecular formula is C13H16F2N2. The highest BCUT2D eigenvalue weighted by atomic mass is 19.2. The Labute approximate surface area is 100 Å². The molecule has 2 nitrogen and oxygen atoms in total. The summed E-state index contributed by atoms with van der Waals surface area (Å²) < 4.78 is 26.1. The Morgan fingerprint density at radius 2 is 1.82 bits per heavy atom. The predicted octanol–water partition coefficient (Wildman–Crippen LogP) is 3.12. The number of benzene rings is 1. The van der Waals surface area contributed by atoms with Crippen molar-refractivity contribution in [2.24, 2.45) is 5.41 Å². The summed E-state index contributed by atoms with van der Waals surface area (Å²) in [6.45, 7) is 3.55. The maximum atomic E-state index is 13.2. The first-order valence-corrected chi connectivity index (χ1v) is 5.32. The molecule has 92 valence electrons. The van der Waals surface area contributed by atoms with Crippen LogP contribution in [0.2, 0.25) is 0 Å². The number of rotatable bonds is 3. The Morgan fingerprint density at radius 3 is 2.24 bits per heavy atom. The van der Waals surface area contributed by atoms with E-state index in [0.29, 0.717) is 5.56 Å². The molecular weight excluding hydrogens is 222 g/mol. The molecule has 1 rings (SSSR count). The van der Waals surface area contributed by atoms with Crippen molar-refractivity contribution in [1.82, 2.24) is 4.90 Å².